The number of benzene rings is 1. The summed E-state index contributed by atoms with van der Waals surface area (Å²) in [5.74, 6) is -0.751. The van der Waals surface area contributed by atoms with E-state index in [1.165, 1.54) is 6.07 Å². The maximum Gasteiger partial charge on any atom is 0.188 e. The van der Waals surface area contributed by atoms with Gasteiger partial charge in [-0.2, -0.15) is 0 Å². The van der Waals surface area contributed by atoms with Gasteiger partial charge >= 0.3 is 0 Å². The maximum atomic E-state index is 12.9. The summed E-state index contributed by atoms with van der Waals surface area (Å²) in [5.41, 5.74) is 5.62. The highest BCUT2D eigenvalue weighted by Crippen LogP contribution is 2.14. The van der Waals surface area contributed by atoms with Gasteiger partial charge in [0.05, 0.1) is 6.54 Å². The van der Waals surface area contributed by atoms with Crippen molar-refractivity contribution < 1.29 is 13.5 Å². The number of ether oxygens (including phenoxy) is 1. The molecule has 4 nitrogen and oxygen atoms in total. The minimum absolute atomic E-state index is 0.276. The molecule has 0 aromatic heterocycles. The molecule has 0 aliphatic carbocycles. The van der Waals surface area contributed by atoms with E-state index in [9.17, 15) is 8.78 Å². The molecule has 0 aliphatic heterocycles. The number of guanidine groups is 1. The molecule has 0 radical (unpaired) electrons. The van der Waals surface area contributed by atoms with E-state index in [0.717, 1.165) is 12.1 Å². The number of hydrogen-bond donors (Lipinski definition) is 2. The van der Waals surface area contributed by atoms with E-state index in [0.29, 0.717) is 25.0 Å². The summed E-state index contributed by atoms with van der Waals surface area (Å²) in [6.45, 7) is 5.46. The van der Waals surface area contributed by atoms with Gasteiger partial charge < -0.3 is 15.8 Å². The largest absolute Gasteiger partial charge is 0.492 e. The highest BCUT2D eigenvalue weighted by Gasteiger charge is 2.02. The van der Waals surface area contributed by atoms with Crippen LogP contribution in [-0.4, -0.2) is 25.7 Å². The first kappa shape index (κ1) is 15.2. The van der Waals surface area contributed by atoms with Crippen molar-refractivity contribution in [3.05, 3.63) is 29.8 Å². The number of hydrogen-bond acceptors (Lipinski definition) is 2. The van der Waals surface area contributed by atoms with Crippen LogP contribution in [0.3, 0.4) is 0 Å². The summed E-state index contributed by atoms with van der Waals surface area (Å²) in [7, 11) is 0. The molecule has 106 valence electrons. The number of halogens is 2. The Morgan fingerprint density at radius 1 is 1.37 bits per heavy atom. The zero-order valence-electron chi connectivity index (χ0n) is 11.1. The predicted molar refractivity (Wildman–Crippen MR) is 71.2 cm³/mol. The average molecular weight is 271 g/mol. The van der Waals surface area contributed by atoms with Gasteiger partial charge in [0.1, 0.15) is 12.4 Å². The predicted octanol–water partition coefficient (Wildman–Crippen LogP) is 1.90. The molecule has 1 aromatic rings. The van der Waals surface area contributed by atoms with Gasteiger partial charge in [-0.1, -0.05) is 13.8 Å². The summed E-state index contributed by atoms with van der Waals surface area (Å²) < 4.78 is 30.8. The third kappa shape index (κ3) is 6.03. The Morgan fingerprint density at radius 3 is 2.74 bits per heavy atom. The lowest BCUT2D eigenvalue weighted by Gasteiger charge is -2.08. The normalized spacial score (nSPS) is 11.7. The molecule has 0 heterocycles. The Balaban J connectivity index is 2.27. The van der Waals surface area contributed by atoms with Gasteiger partial charge in [-0.25, -0.2) is 8.78 Å². The topological polar surface area (TPSA) is 59.6 Å². The van der Waals surface area contributed by atoms with Crippen molar-refractivity contribution in [2.45, 2.75) is 13.8 Å². The lowest BCUT2D eigenvalue weighted by molar-refractivity contribution is 0.319. The third-order valence-electron chi connectivity index (χ3n) is 2.19. The Labute approximate surface area is 111 Å². The number of rotatable bonds is 6. The van der Waals surface area contributed by atoms with Crippen LogP contribution in [0.5, 0.6) is 5.75 Å². The molecule has 0 spiro atoms. The Kier molecular flexibility index (Phi) is 6.05. The van der Waals surface area contributed by atoms with Crippen LogP contribution in [0.2, 0.25) is 0 Å². The van der Waals surface area contributed by atoms with E-state index < -0.39 is 11.6 Å². The molecule has 3 N–H and O–H groups in total. The second-order valence-electron chi connectivity index (χ2n) is 4.47. The van der Waals surface area contributed by atoms with Crippen molar-refractivity contribution in [1.82, 2.24) is 5.32 Å². The van der Waals surface area contributed by atoms with Crippen LogP contribution in [0, 0.1) is 17.6 Å². The molecule has 0 saturated carbocycles. The number of aliphatic imine (C=N–C) groups is 1. The molecule has 0 fully saturated rings. The van der Waals surface area contributed by atoms with Crippen LogP contribution >= 0.6 is 0 Å². The van der Waals surface area contributed by atoms with E-state index in [-0.39, 0.29) is 12.4 Å². The lowest BCUT2D eigenvalue weighted by atomic mass is 10.2. The van der Waals surface area contributed by atoms with Gasteiger partial charge in [0.15, 0.2) is 17.6 Å². The number of nitrogens with two attached hydrogens (primary N) is 1. The van der Waals surface area contributed by atoms with Crippen molar-refractivity contribution in [3.8, 4) is 5.75 Å². The molecule has 0 saturated heterocycles. The van der Waals surface area contributed by atoms with Gasteiger partial charge in [0.2, 0.25) is 0 Å². The second-order valence-corrected chi connectivity index (χ2v) is 4.47. The molecule has 0 aliphatic rings. The highest BCUT2D eigenvalue weighted by molar-refractivity contribution is 5.77. The number of nitrogens with one attached hydrogen (secondary N) is 1. The molecular formula is C13H19F2N3O. The van der Waals surface area contributed by atoms with E-state index >= 15 is 0 Å². The van der Waals surface area contributed by atoms with Gasteiger partial charge in [-0.05, 0) is 18.1 Å². The first-order valence-electron chi connectivity index (χ1n) is 6.10. The fourth-order valence-electron chi connectivity index (χ4n) is 1.25. The fraction of sp³-hybridized carbons (Fsp3) is 0.462. The van der Waals surface area contributed by atoms with Crippen LogP contribution in [0.1, 0.15) is 13.8 Å². The van der Waals surface area contributed by atoms with Crippen molar-refractivity contribution in [1.29, 1.82) is 0 Å². The van der Waals surface area contributed by atoms with E-state index in [4.69, 9.17) is 10.5 Å². The summed E-state index contributed by atoms with van der Waals surface area (Å²) in [6, 6.07) is 3.40. The molecule has 19 heavy (non-hydrogen) atoms. The van der Waals surface area contributed by atoms with Crippen LogP contribution in [0.15, 0.2) is 23.2 Å². The minimum Gasteiger partial charge on any atom is -0.492 e. The first-order chi connectivity index (χ1) is 8.99. The van der Waals surface area contributed by atoms with Crippen LogP contribution < -0.4 is 15.8 Å². The van der Waals surface area contributed by atoms with Crippen molar-refractivity contribution in [2.24, 2.45) is 16.6 Å². The molecule has 1 aromatic carbocycles. The molecule has 0 unspecified atom stereocenters. The van der Waals surface area contributed by atoms with Gasteiger partial charge in [-0.15, -0.1) is 0 Å². The Bertz CT molecular complexity index is 436. The van der Waals surface area contributed by atoms with Gasteiger partial charge in [-0.3, -0.25) is 4.99 Å². The lowest BCUT2D eigenvalue weighted by Crippen LogP contribution is -2.35. The van der Waals surface area contributed by atoms with Crippen molar-refractivity contribution in [2.75, 3.05) is 19.7 Å². The zero-order valence-corrected chi connectivity index (χ0v) is 11.1. The highest BCUT2D eigenvalue weighted by atomic mass is 19.2. The zero-order chi connectivity index (χ0) is 14.3. The van der Waals surface area contributed by atoms with Crippen LogP contribution in [0.25, 0.3) is 0 Å². The fourth-order valence-corrected chi connectivity index (χ4v) is 1.25. The monoisotopic (exact) mass is 271 g/mol. The summed E-state index contributed by atoms with van der Waals surface area (Å²) in [6.07, 6.45) is 0. The molecule has 6 heteroatoms. The van der Waals surface area contributed by atoms with E-state index in [1.54, 1.807) is 0 Å². The summed E-state index contributed by atoms with van der Waals surface area (Å²) in [4.78, 5) is 4.11. The smallest absolute Gasteiger partial charge is 0.188 e. The Hall–Kier alpha value is -1.85. The van der Waals surface area contributed by atoms with Crippen molar-refractivity contribution in [3.63, 3.8) is 0 Å². The molecule has 0 amide bonds. The standard InChI is InChI=1S/C13H19F2N3O/c1-9(2)8-18-13(16)17-5-6-19-10-3-4-11(14)12(15)7-10/h3-4,7,9H,5-6,8H2,1-2H3,(H3,16,17,18). The minimum atomic E-state index is -0.927. The first-order valence-corrected chi connectivity index (χ1v) is 6.10. The van der Waals surface area contributed by atoms with Gasteiger partial charge in [0.25, 0.3) is 0 Å². The molecular weight excluding hydrogens is 252 g/mol. The van der Waals surface area contributed by atoms with Crippen LogP contribution in [-0.2, 0) is 0 Å². The van der Waals surface area contributed by atoms with Crippen LogP contribution in [0.4, 0.5) is 8.78 Å². The maximum absolute atomic E-state index is 12.9. The van der Waals surface area contributed by atoms with Gasteiger partial charge in [0, 0.05) is 12.6 Å². The quantitative estimate of drug-likeness (QED) is 0.472. The molecule has 1 rings (SSSR count). The summed E-state index contributed by atoms with van der Waals surface area (Å²) in [5, 5.41) is 2.87. The average Bonchev–Trinajstić information content (AvgIpc) is 2.36. The van der Waals surface area contributed by atoms with Crippen molar-refractivity contribution >= 4 is 5.96 Å². The van der Waals surface area contributed by atoms with E-state index in [1.807, 2.05) is 13.8 Å². The molecule has 0 bridgehead atoms. The SMILES string of the molecule is CC(C)CN=C(N)NCCOc1ccc(F)c(F)c1. The molecule has 0 atom stereocenters. The Morgan fingerprint density at radius 2 is 2.11 bits per heavy atom. The second kappa shape index (κ2) is 7.56. The number of nitrogens with zero attached hydrogens (tertiary/aromatic N) is 1. The third-order valence-corrected chi connectivity index (χ3v) is 2.19. The van der Waals surface area contributed by atoms with E-state index in [2.05, 4.69) is 10.3 Å². The summed E-state index contributed by atoms with van der Waals surface area (Å²) >= 11 is 0.